The van der Waals surface area contributed by atoms with Gasteiger partial charge in [-0.2, -0.15) is 0 Å². The van der Waals surface area contributed by atoms with Gasteiger partial charge in [0.15, 0.2) is 6.10 Å². The van der Waals surface area contributed by atoms with Crippen LogP contribution in [0.5, 0.6) is 0 Å². The molecular weight excluding hydrogens is 685 g/mol. The van der Waals surface area contributed by atoms with E-state index in [2.05, 4.69) is 45.1 Å². The number of allylic oxidation sites excluding steroid dienone is 4. The highest BCUT2D eigenvalue weighted by Crippen LogP contribution is 2.14. The van der Waals surface area contributed by atoms with Gasteiger partial charge in [0, 0.05) is 19.3 Å². The van der Waals surface area contributed by atoms with Crippen molar-refractivity contribution in [2.24, 2.45) is 0 Å². The summed E-state index contributed by atoms with van der Waals surface area (Å²) >= 11 is 0. The fourth-order valence-electron chi connectivity index (χ4n) is 6.78. The van der Waals surface area contributed by atoms with Crippen LogP contribution in [0.25, 0.3) is 0 Å². The molecular formula is C49H90O6. The Kier molecular flexibility index (Phi) is 42.9. The summed E-state index contributed by atoms with van der Waals surface area (Å²) in [5.74, 6) is -0.893. The molecule has 0 aromatic carbocycles. The summed E-state index contributed by atoms with van der Waals surface area (Å²) in [6.07, 6.45) is 49.1. The first-order valence-corrected chi connectivity index (χ1v) is 23.8. The van der Waals surface area contributed by atoms with Crippen LogP contribution in [0, 0.1) is 0 Å². The molecule has 0 aromatic heterocycles. The van der Waals surface area contributed by atoms with Gasteiger partial charge in [0.2, 0.25) is 0 Å². The Morgan fingerprint density at radius 3 is 0.927 bits per heavy atom. The number of hydrogen-bond acceptors (Lipinski definition) is 6. The van der Waals surface area contributed by atoms with Crippen LogP contribution in [0.4, 0.5) is 0 Å². The molecule has 0 fully saturated rings. The van der Waals surface area contributed by atoms with Crippen LogP contribution < -0.4 is 0 Å². The maximum Gasteiger partial charge on any atom is 0.306 e. The second-order valence-electron chi connectivity index (χ2n) is 16.0. The molecule has 0 radical (unpaired) electrons. The van der Waals surface area contributed by atoms with E-state index < -0.39 is 6.10 Å². The van der Waals surface area contributed by atoms with E-state index in [1.807, 2.05) is 0 Å². The van der Waals surface area contributed by atoms with Gasteiger partial charge in [-0.25, -0.2) is 0 Å². The Morgan fingerprint density at radius 2 is 0.600 bits per heavy atom. The Hall–Kier alpha value is -2.11. The van der Waals surface area contributed by atoms with Crippen molar-refractivity contribution in [1.29, 1.82) is 0 Å². The van der Waals surface area contributed by atoms with Gasteiger partial charge in [-0.1, -0.05) is 186 Å². The summed E-state index contributed by atoms with van der Waals surface area (Å²) in [6, 6.07) is 0. The summed E-state index contributed by atoms with van der Waals surface area (Å²) in [7, 11) is 0. The summed E-state index contributed by atoms with van der Waals surface area (Å²) in [6.45, 7) is 6.53. The third kappa shape index (κ3) is 42.9. The topological polar surface area (TPSA) is 78.9 Å². The molecule has 0 aliphatic heterocycles. The molecule has 0 amide bonds. The Morgan fingerprint density at radius 1 is 0.345 bits per heavy atom. The molecule has 1 atom stereocenters. The lowest BCUT2D eigenvalue weighted by atomic mass is 10.1. The molecule has 0 saturated heterocycles. The van der Waals surface area contributed by atoms with Crippen LogP contribution in [0.2, 0.25) is 0 Å². The smallest absolute Gasteiger partial charge is 0.306 e. The van der Waals surface area contributed by atoms with Gasteiger partial charge in [0.25, 0.3) is 0 Å². The number of carbonyl (C=O) groups is 3. The molecule has 0 saturated carbocycles. The lowest BCUT2D eigenvalue weighted by Crippen LogP contribution is -2.30. The summed E-state index contributed by atoms with van der Waals surface area (Å²) in [4.78, 5) is 37.5. The number of carbonyl (C=O) groups excluding carboxylic acids is 3. The third-order valence-electron chi connectivity index (χ3n) is 10.4. The highest BCUT2D eigenvalue weighted by atomic mass is 16.6. The first-order chi connectivity index (χ1) is 27.0. The van der Waals surface area contributed by atoms with E-state index in [-0.39, 0.29) is 31.1 Å². The van der Waals surface area contributed by atoms with E-state index in [4.69, 9.17) is 14.2 Å². The van der Waals surface area contributed by atoms with Gasteiger partial charge >= 0.3 is 17.9 Å². The van der Waals surface area contributed by atoms with Gasteiger partial charge in [-0.05, 0) is 70.6 Å². The molecule has 1 unspecified atom stereocenters. The van der Waals surface area contributed by atoms with E-state index in [0.717, 1.165) is 70.6 Å². The van der Waals surface area contributed by atoms with Crippen LogP contribution >= 0.6 is 0 Å². The number of hydrogen-bond donors (Lipinski definition) is 0. The number of rotatable bonds is 43. The highest BCUT2D eigenvalue weighted by molar-refractivity contribution is 5.71. The molecule has 0 aliphatic carbocycles. The van der Waals surface area contributed by atoms with Crippen LogP contribution in [-0.2, 0) is 28.6 Å². The lowest BCUT2D eigenvalue weighted by molar-refractivity contribution is -0.167. The second-order valence-corrected chi connectivity index (χ2v) is 16.0. The predicted molar refractivity (Wildman–Crippen MR) is 233 cm³/mol. The quantitative estimate of drug-likeness (QED) is 0.0266. The maximum absolute atomic E-state index is 12.7. The van der Waals surface area contributed by atoms with Gasteiger partial charge in [0.05, 0.1) is 0 Å². The van der Waals surface area contributed by atoms with Crippen molar-refractivity contribution >= 4 is 17.9 Å². The minimum absolute atomic E-state index is 0.0740. The van der Waals surface area contributed by atoms with Crippen molar-refractivity contribution in [3.8, 4) is 0 Å². The lowest BCUT2D eigenvalue weighted by Gasteiger charge is -2.18. The minimum Gasteiger partial charge on any atom is -0.462 e. The molecule has 0 spiro atoms. The van der Waals surface area contributed by atoms with Gasteiger partial charge in [-0.15, -0.1) is 0 Å². The molecule has 322 valence electrons. The van der Waals surface area contributed by atoms with E-state index >= 15 is 0 Å². The molecule has 0 bridgehead atoms. The zero-order valence-electron chi connectivity index (χ0n) is 36.7. The summed E-state index contributed by atoms with van der Waals surface area (Å²) in [5.41, 5.74) is 0. The molecule has 0 aromatic rings. The van der Waals surface area contributed by atoms with Crippen molar-refractivity contribution in [3.05, 3.63) is 24.3 Å². The zero-order valence-corrected chi connectivity index (χ0v) is 36.7. The fraction of sp³-hybridized carbons (Fsp3) is 0.857. The third-order valence-corrected chi connectivity index (χ3v) is 10.4. The Labute approximate surface area is 341 Å². The highest BCUT2D eigenvalue weighted by Gasteiger charge is 2.19. The molecule has 0 aliphatic rings. The van der Waals surface area contributed by atoms with Crippen molar-refractivity contribution in [2.45, 2.75) is 258 Å². The van der Waals surface area contributed by atoms with Crippen LogP contribution in [-0.4, -0.2) is 37.2 Å². The number of unbranched alkanes of at least 4 members (excludes halogenated alkanes) is 28. The minimum atomic E-state index is -0.768. The molecule has 55 heavy (non-hydrogen) atoms. The van der Waals surface area contributed by atoms with Crippen LogP contribution in [0.15, 0.2) is 24.3 Å². The maximum atomic E-state index is 12.7. The molecule has 6 nitrogen and oxygen atoms in total. The van der Waals surface area contributed by atoms with Crippen molar-refractivity contribution in [1.82, 2.24) is 0 Å². The summed E-state index contributed by atoms with van der Waals surface area (Å²) in [5, 5.41) is 0. The Bertz CT molecular complexity index is 896. The SMILES string of the molecule is CCCCCC/C=C\CCCCCCCC(=O)OC(COC(=O)CCCCCCC)COC(=O)CCCCCCCCCCC/C=C\CCCCCCCC. The average Bonchev–Trinajstić information content (AvgIpc) is 3.18. The first kappa shape index (κ1) is 52.9. The molecule has 6 heteroatoms. The second kappa shape index (κ2) is 44.6. The molecule has 0 rings (SSSR count). The standard InChI is InChI=1S/C49H90O6/c1-4-7-10-13-15-17-19-21-22-23-24-25-26-28-29-31-33-36-39-42-48(51)54-45-46(44-53-47(50)41-38-35-12-9-6-3)55-49(52)43-40-37-34-32-30-27-20-18-16-14-11-8-5-2/h18,20-22,46H,4-17,19,23-45H2,1-3H3/b20-18-,22-21-. The molecule has 0 heterocycles. The van der Waals surface area contributed by atoms with Crippen LogP contribution in [0.1, 0.15) is 252 Å². The fourth-order valence-corrected chi connectivity index (χ4v) is 6.78. The summed E-state index contributed by atoms with van der Waals surface area (Å²) < 4.78 is 16.6. The normalized spacial score (nSPS) is 12.1. The van der Waals surface area contributed by atoms with Crippen molar-refractivity contribution in [2.75, 3.05) is 13.2 Å². The molecule has 0 N–H and O–H groups in total. The van der Waals surface area contributed by atoms with E-state index in [0.29, 0.717) is 19.3 Å². The van der Waals surface area contributed by atoms with Gasteiger partial charge < -0.3 is 14.2 Å². The van der Waals surface area contributed by atoms with E-state index in [9.17, 15) is 14.4 Å². The number of esters is 3. The van der Waals surface area contributed by atoms with Crippen LogP contribution in [0.3, 0.4) is 0 Å². The van der Waals surface area contributed by atoms with E-state index in [1.165, 1.54) is 141 Å². The van der Waals surface area contributed by atoms with Crippen molar-refractivity contribution < 1.29 is 28.6 Å². The predicted octanol–water partition coefficient (Wildman–Crippen LogP) is 15.2. The zero-order chi connectivity index (χ0) is 40.1. The monoisotopic (exact) mass is 775 g/mol. The first-order valence-electron chi connectivity index (χ1n) is 23.8. The van der Waals surface area contributed by atoms with Crippen molar-refractivity contribution in [3.63, 3.8) is 0 Å². The largest absolute Gasteiger partial charge is 0.462 e. The average molecular weight is 775 g/mol. The Balaban J connectivity index is 4.16. The van der Waals surface area contributed by atoms with Gasteiger partial charge in [0.1, 0.15) is 13.2 Å². The number of ether oxygens (including phenoxy) is 3. The van der Waals surface area contributed by atoms with Gasteiger partial charge in [-0.3, -0.25) is 14.4 Å². The van der Waals surface area contributed by atoms with E-state index in [1.54, 1.807) is 0 Å².